The normalized spacial score (nSPS) is 12.7. The van der Waals surface area contributed by atoms with Crippen molar-refractivity contribution in [1.82, 2.24) is 15.5 Å². The molecular formula is C28H37N3O6. The molecule has 0 unspecified atom stereocenters. The maximum atomic E-state index is 13.4. The predicted octanol–water partition coefficient (Wildman–Crippen LogP) is 3.07. The zero-order valence-electron chi connectivity index (χ0n) is 22.3. The van der Waals surface area contributed by atoms with Crippen LogP contribution >= 0.6 is 0 Å². The fourth-order valence-corrected chi connectivity index (χ4v) is 3.98. The summed E-state index contributed by atoms with van der Waals surface area (Å²) in [6, 6.07) is 16.5. The summed E-state index contributed by atoms with van der Waals surface area (Å²) in [5.74, 6) is -1.79. The Morgan fingerprint density at radius 3 is 1.97 bits per heavy atom. The molecule has 0 aromatic heterocycles. The zero-order chi connectivity index (χ0) is 27.6. The summed E-state index contributed by atoms with van der Waals surface area (Å²) < 4.78 is 10.2. The third-order valence-electron chi connectivity index (χ3n) is 5.89. The van der Waals surface area contributed by atoms with Crippen molar-refractivity contribution >= 4 is 23.9 Å². The highest BCUT2D eigenvalue weighted by Crippen LogP contribution is 2.17. The molecule has 0 aliphatic heterocycles. The quantitative estimate of drug-likeness (QED) is 0.448. The van der Waals surface area contributed by atoms with Crippen LogP contribution in [0.2, 0.25) is 0 Å². The molecule has 0 saturated carbocycles. The molecule has 0 saturated heterocycles. The van der Waals surface area contributed by atoms with Gasteiger partial charge in [0.05, 0.1) is 7.11 Å². The van der Waals surface area contributed by atoms with Crippen LogP contribution in [0.5, 0.6) is 0 Å². The van der Waals surface area contributed by atoms with E-state index in [1.165, 1.54) is 19.1 Å². The SMILES string of the molecule is COC(=O)[C@H](C(C)C)N(C)C(=O)C(C)(C)NC(=O)[C@H](Cc1ccccc1)NC(=O)OCc1ccccc1. The Balaban J connectivity index is 2.16. The van der Waals surface area contributed by atoms with E-state index in [0.717, 1.165) is 11.1 Å². The van der Waals surface area contributed by atoms with Crippen molar-refractivity contribution in [2.45, 2.75) is 58.3 Å². The van der Waals surface area contributed by atoms with Gasteiger partial charge in [-0.15, -0.1) is 0 Å². The van der Waals surface area contributed by atoms with E-state index >= 15 is 0 Å². The molecule has 0 heterocycles. The Bertz CT molecular complexity index is 1060. The van der Waals surface area contributed by atoms with Gasteiger partial charge >= 0.3 is 12.1 Å². The number of carbonyl (C=O) groups is 4. The van der Waals surface area contributed by atoms with E-state index < -0.39 is 41.5 Å². The minimum Gasteiger partial charge on any atom is -0.467 e. The highest BCUT2D eigenvalue weighted by atomic mass is 16.5. The van der Waals surface area contributed by atoms with Gasteiger partial charge in [0.25, 0.3) is 0 Å². The minimum atomic E-state index is -1.38. The fraction of sp³-hybridized carbons (Fsp3) is 0.429. The number of alkyl carbamates (subject to hydrolysis) is 1. The molecule has 0 radical (unpaired) electrons. The van der Waals surface area contributed by atoms with Gasteiger partial charge in [-0.3, -0.25) is 9.59 Å². The lowest BCUT2D eigenvalue weighted by Crippen LogP contribution is -2.62. The molecule has 2 N–H and O–H groups in total. The first-order valence-electron chi connectivity index (χ1n) is 12.1. The summed E-state index contributed by atoms with van der Waals surface area (Å²) in [6.45, 7) is 6.75. The Labute approximate surface area is 218 Å². The van der Waals surface area contributed by atoms with Gasteiger partial charge in [-0.05, 0) is 30.9 Å². The van der Waals surface area contributed by atoms with Crippen molar-refractivity contribution in [3.63, 3.8) is 0 Å². The third-order valence-corrected chi connectivity index (χ3v) is 5.89. The van der Waals surface area contributed by atoms with Crippen LogP contribution in [0.3, 0.4) is 0 Å². The average molecular weight is 512 g/mol. The molecule has 2 atom stereocenters. The molecule has 0 aliphatic rings. The van der Waals surface area contributed by atoms with Crippen LogP contribution in [-0.4, -0.2) is 60.6 Å². The van der Waals surface area contributed by atoms with Gasteiger partial charge in [-0.1, -0.05) is 74.5 Å². The second-order valence-corrected chi connectivity index (χ2v) is 9.69. The second kappa shape index (κ2) is 13.4. The number of amides is 3. The standard InChI is InChI=1S/C28H37N3O6/c1-19(2)23(25(33)36-6)31(5)26(34)28(3,4)30-24(32)22(17-20-13-9-7-10-14-20)29-27(35)37-18-21-15-11-8-12-16-21/h7-16,19,22-23H,17-18H2,1-6H3,(H,29,35)(H,30,32)/t22-,23-/m0/s1. The van der Waals surface area contributed by atoms with Crippen LogP contribution in [0.15, 0.2) is 60.7 Å². The molecule has 2 aromatic carbocycles. The maximum absolute atomic E-state index is 13.4. The number of nitrogens with one attached hydrogen (secondary N) is 2. The van der Waals surface area contributed by atoms with E-state index in [2.05, 4.69) is 10.6 Å². The van der Waals surface area contributed by atoms with Crippen LogP contribution in [0.25, 0.3) is 0 Å². The number of hydrogen-bond acceptors (Lipinski definition) is 6. The van der Waals surface area contributed by atoms with Gasteiger partial charge in [0, 0.05) is 13.5 Å². The lowest BCUT2D eigenvalue weighted by molar-refractivity contribution is -0.156. The fourth-order valence-electron chi connectivity index (χ4n) is 3.98. The van der Waals surface area contributed by atoms with Crippen LogP contribution in [0.1, 0.15) is 38.8 Å². The maximum Gasteiger partial charge on any atom is 0.408 e. The average Bonchev–Trinajstić information content (AvgIpc) is 2.87. The first-order chi connectivity index (χ1) is 17.5. The molecule has 200 valence electrons. The number of likely N-dealkylation sites (N-methyl/N-ethyl adjacent to an activating group) is 1. The molecule has 9 nitrogen and oxygen atoms in total. The zero-order valence-corrected chi connectivity index (χ0v) is 22.3. The van der Waals surface area contributed by atoms with Crippen molar-refractivity contribution in [1.29, 1.82) is 0 Å². The molecule has 0 aliphatic carbocycles. The number of nitrogens with zero attached hydrogens (tertiary/aromatic N) is 1. The number of carbonyl (C=O) groups excluding carboxylic acids is 4. The first kappa shape index (κ1) is 29.4. The summed E-state index contributed by atoms with van der Waals surface area (Å²) in [6.07, 6.45) is -0.573. The summed E-state index contributed by atoms with van der Waals surface area (Å²) in [4.78, 5) is 52.8. The number of benzene rings is 2. The van der Waals surface area contributed by atoms with Gasteiger partial charge < -0.3 is 25.0 Å². The van der Waals surface area contributed by atoms with Crippen LogP contribution < -0.4 is 10.6 Å². The number of rotatable bonds is 11. The van der Waals surface area contributed by atoms with Crippen LogP contribution in [0, 0.1) is 5.92 Å². The smallest absolute Gasteiger partial charge is 0.408 e. The van der Waals surface area contributed by atoms with Crippen molar-refractivity contribution in [2.24, 2.45) is 5.92 Å². The molecular weight excluding hydrogens is 474 g/mol. The number of ether oxygens (including phenoxy) is 2. The van der Waals surface area contributed by atoms with Crippen LogP contribution in [0.4, 0.5) is 4.79 Å². The molecule has 37 heavy (non-hydrogen) atoms. The lowest BCUT2D eigenvalue weighted by Gasteiger charge is -2.36. The van der Waals surface area contributed by atoms with E-state index in [0.29, 0.717) is 0 Å². The Morgan fingerprint density at radius 2 is 1.46 bits per heavy atom. The van der Waals surface area contributed by atoms with Crippen molar-refractivity contribution in [3.05, 3.63) is 71.8 Å². The highest BCUT2D eigenvalue weighted by molar-refractivity contribution is 5.95. The van der Waals surface area contributed by atoms with E-state index in [1.54, 1.807) is 27.7 Å². The van der Waals surface area contributed by atoms with Gasteiger partial charge in [0.15, 0.2) is 0 Å². The predicted molar refractivity (Wildman–Crippen MR) is 139 cm³/mol. The molecule has 0 fully saturated rings. The highest BCUT2D eigenvalue weighted by Gasteiger charge is 2.40. The number of methoxy groups -OCH3 is 1. The Hall–Kier alpha value is -3.88. The molecule has 0 bridgehead atoms. The summed E-state index contributed by atoms with van der Waals surface area (Å²) >= 11 is 0. The Morgan fingerprint density at radius 1 is 0.919 bits per heavy atom. The van der Waals surface area contributed by atoms with Gasteiger partial charge in [-0.2, -0.15) is 0 Å². The third kappa shape index (κ3) is 8.63. The van der Waals surface area contributed by atoms with E-state index in [1.807, 2.05) is 60.7 Å². The largest absolute Gasteiger partial charge is 0.467 e. The van der Waals surface area contributed by atoms with Crippen LogP contribution in [-0.2, 0) is 36.9 Å². The monoisotopic (exact) mass is 511 g/mol. The molecule has 9 heteroatoms. The molecule has 0 spiro atoms. The number of esters is 1. The molecule has 3 amide bonds. The molecule has 2 rings (SSSR count). The van der Waals surface area contributed by atoms with E-state index in [4.69, 9.17) is 9.47 Å². The summed E-state index contributed by atoms with van der Waals surface area (Å²) in [7, 11) is 2.76. The summed E-state index contributed by atoms with van der Waals surface area (Å²) in [5.41, 5.74) is 0.247. The summed E-state index contributed by atoms with van der Waals surface area (Å²) in [5, 5.41) is 5.36. The van der Waals surface area contributed by atoms with Crippen molar-refractivity contribution in [2.75, 3.05) is 14.2 Å². The van der Waals surface area contributed by atoms with Gasteiger partial charge in [0.1, 0.15) is 24.2 Å². The molecule has 2 aromatic rings. The van der Waals surface area contributed by atoms with E-state index in [-0.39, 0.29) is 18.9 Å². The topological polar surface area (TPSA) is 114 Å². The second-order valence-electron chi connectivity index (χ2n) is 9.69. The first-order valence-corrected chi connectivity index (χ1v) is 12.1. The lowest BCUT2D eigenvalue weighted by atomic mass is 9.97. The Kier molecular flexibility index (Phi) is 10.7. The minimum absolute atomic E-state index is 0.0469. The van der Waals surface area contributed by atoms with Crippen molar-refractivity contribution in [3.8, 4) is 0 Å². The van der Waals surface area contributed by atoms with E-state index in [9.17, 15) is 19.2 Å². The van der Waals surface area contributed by atoms with Gasteiger partial charge in [-0.25, -0.2) is 9.59 Å². The number of hydrogen-bond donors (Lipinski definition) is 2. The van der Waals surface area contributed by atoms with Gasteiger partial charge in [0.2, 0.25) is 11.8 Å². The van der Waals surface area contributed by atoms with Crippen molar-refractivity contribution < 1.29 is 28.7 Å².